The third-order valence-electron chi connectivity index (χ3n) is 23.8. The fourth-order valence-corrected chi connectivity index (χ4v) is 18.5. The van der Waals surface area contributed by atoms with E-state index in [-0.39, 0.29) is 106 Å². The lowest BCUT2D eigenvalue weighted by Crippen LogP contribution is -2.62. The lowest BCUT2D eigenvalue weighted by atomic mass is 9.98. The van der Waals surface area contributed by atoms with Crippen LogP contribution in [0.4, 0.5) is 0 Å². The molecule has 3 saturated heterocycles. The monoisotopic (exact) mass is 1860 g/mol. The topological polar surface area (TPSA) is 500 Å². The number of nitrogens with one attached hydrogen (secondary N) is 10. The summed E-state index contributed by atoms with van der Waals surface area (Å²) in [6.07, 6.45) is 0.537. The Morgan fingerprint density at radius 3 is 1.54 bits per heavy atom. The van der Waals surface area contributed by atoms with E-state index in [2.05, 4.69) is 52.8 Å². The molecule has 0 saturated carbocycles. The predicted octanol–water partition coefficient (Wildman–Crippen LogP) is 3.30. The minimum atomic E-state index is -1.89. The first kappa shape index (κ1) is 102. The Morgan fingerprint density at radius 2 is 0.962 bits per heavy atom. The normalized spacial score (nSPS) is 23.5. The number of para-hydroxylation sites is 1. The van der Waals surface area contributed by atoms with Gasteiger partial charge in [0.05, 0.1) is 24.6 Å². The Kier molecular flexibility index (Phi) is 37.3. The number of likely N-dealkylation sites (N-methyl/N-ethyl adjacent to an activating group) is 3. The Hall–Kier alpha value is -13.3. The summed E-state index contributed by atoms with van der Waals surface area (Å²) in [5.74, 6) is -17.0. The number of rotatable bonds is 23. The molecule has 0 aliphatic carbocycles. The van der Waals surface area contributed by atoms with Gasteiger partial charge in [0, 0.05) is 94.8 Å². The Balaban J connectivity index is 1.05. The number of nitrogens with two attached hydrogens (primary N) is 1. The number of nitrogens with zero attached hydrogens (tertiary/aromatic N) is 5. The number of hydrogen-bond donors (Lipinski definition) is 14. The average Bonchev–Trinajstić information content (AvgIpc) is 1.53. The number of H-pyrrole nitrogens is 1. The van der Waals surface area contributed by atoms with Crippen molar-refractivity contribution < 1.29 is 92.0 Å². The van der Waals surface area contributed by atoms with Gasteiger partial charge in [0.1, 0.15) is 90.0 Å². The lowest BCUT2D eigenvalue weighted by Gasteiger charge is -2.38. The highest BCUT2D eigenvalue weighted by atomic mass is 32.2. The van der Waals surface area contributed by atoms with Gasteiger partial charge in [0.25, 0.3) is 0 Å². The zero-order valence-corrected chi connectivity index (χ0v) is 77.4. The number of hydrogen-bond acceptors (Lipinski definition) is 20. The minimum absolute atomic E-state index is 0.0204. The van der Waals surface area contributed by atoms with E-state index in [1.54, 1.807) is 149 Å². The zero-order valence-electron chi connectivity index (χ0n) is 75.8. The van der Waals surface area contributed by atoms with Crippen molar-refractivity contribution in [2.75, 3.05) is 57.4 Å². The van der Waals surface area contributed by atoms with Gasteiger partial charge < -0.3 is 98.4 Å². The van der Waals surface area contributed by atoms with Crippen LogP contribution in [-0.2, 0) is 115 Å². The van der Waals surface area contributed by atoms with E-state index in [4.69, 9.17) is 5.73 Å². The number of aromatic nitrogens is 1. The molecule has 13 atom stereocenters. The summed E-state index contributed by atoms with van der Waals surface area (Å²) in [4.78, 5) is 248. The number of phenolic OH excluding ortho intramolecular Hbond substituents is 2. The Morgan fingerprint density at radius 1 is 0.474 bits per heavy atom. The molecule has 10 rings (SSSR count). The molecule has 4 heterocycles. The number of aliphatic carboxylic acids is 1. The molecule has 0 spiro atoms. The molecule has 3 aliphatic rings. The molecule has 3 fully saturated rings. The van der Waals surface area contributed by atoms with E-state index in [1.165, 1.54) is 101 Å². The molecule has 15 amide bonds. The molecule has 7 aromatic rings. The van der Waals surface area contributed by atoms with Crippen molar-refractivity contribution in [3.05, 3.63) is 203 Å². The van der Waals surface area contributed by atoms with Crippen molar-refractivity contribution in [2.45, 2.75) is 197 Å². The van der Waals surface area contributed by atoms with Gasteiger partial charge in [-0.2, -0.15) is 0 Å². The average molecular weight is 1870 g/mol. The van der Waals surface area contributed by atoms with Crippen molar-refractivity contribution >= 4 is 129 Å². The van der Waals surface area contributed by atoms with E-state index in [1.807, 2.05) is 6.92 Å². The second kappa shape index (κ2) is 48.7. The number of carbonyl (C=O) groups is 16. The van der Waals surface area contributed by atoms with Gasteiger partial charge >= 0.3 is 5.97 Å². The van der Waals surface area contributed by atoms with E-state index in [9.17, 15) is 44.1 Å². The smallest absolute Gasteiger partial charge is 0.305 e. The van der Waals surface area contributed by atoms with Crippen molar-refractivity contribution in [3.63, 3.8) is 0 Å². The second-order valence-electron chi connectivity index (χ2n) is 34.6. The molecule has 0 bridgehead atoms. The number of phenols is 2. The van der Waals surface area contributed by atoms with Gasteiger partial charge in [-0.25, -0.2) is 0 Å². The standard InChI is InChI=1S/C96H120N16O19S2/c1-9-10-31-76-95(130)111-41-22-32-75(111)89(124)104-71(49-82(117)118)88(123)107-83(57(4)5)96(131)109(7)77(46-59-25-16-12-17-26-59)90(125)105-73(45-62-35-39-65(114)40-36-62)93(128)112-55-133-53-79(112)91(126)103-70(48-63-50-98-67-30-21-20-29-66(63)67)87(122)102-69(43-61-33-37-64(113)38-34-61)86(121)101-68(42-56(2)3)85(120)106-74(84(119)99-51-80(97)115)52-132-54-81(116)100-72(44-58-23-14-11-15-24-58)92(127)110(8)78(94(129)108(76)6)47-60-27-18-13-19-28-60/h11-21,23-30,33-40,50,56-57,68-79,83,98,113-114H,9-10,22,31-32,41-49,51-55H2,1-8H3,(H2,97,115)(H,99,119)(H,100,116)(H,101,121)(H,102,122)(H,103,126)(H,104,124)(H,105,125)(H,106,120)(H,107,123)(H,117,118)/t68-,69-,70-,71-,72-,73-,74-,75+,76-,77-,78-,79+,83-/m0/s1. The molecule has 35 nitrogen and oxygen atoms in total. The molecule has 3 aliphatic heterocycles. The van der Waals surface area contributed by atoms with Crippen LogP contribution < -0.4 is 53.6 Å². The van der Waals surface area contributed by atoms with Crippen molar-refractivity contribution in [3.8, 4) is 11.5 Å². The number of thioether (sulfide) groups is 2. The van der Waals surface area contributed by atoms with Crippen LogP contribution in [0, 0.1) is 11.8 Å². The number of primary amides is 1. The lowest BCUT2D eigenvalue weighted by molar-refractivity contribution is -0.152. The Bertz CT molecular complexity index is 5270. The summed E-state index contributed by atoms with van der Waals surface area (Å²) in [6.45, 7) is 7.85. The first-order valence-corrected chi connectivity index (χ1v) is 46.9. The van der Waals surface area contributed by atoms with Crippen LogP contribution in [0.25, 0.3) is 10.9 Å². The Labute approximate surface area is 780 Å². The van der Waals surface area contributed by atoms with Crippen LogP contribution in [0.1, 0.15) is 113 Å². The molecule has 15 N–H and O–H groups in total. The van der Waals surface area contributed by atoms with Crippen molar-refractivity contribution in [1.82, 2.24) is 77.3 Å². The highest BCUT2D eigenvalue weighted by Gasteiger charge is 2.47. The number of carbonyl (C=O) groups excluding carboxylic acids is 15. The first-order chi connectivity index (χ1) is 63.5. The third-order valence-corrected chi connectivity index (χ3v) is 25.9. The number of aromatic hydroxyl groups is 2. The number of unbranched alkanes of at least 4 members (excludes halogenated alkanes) is 1. The summed E-state index contributed by atoms with van der Waals surface area (Å²) in [5, 5.41) is 56.5. The summed E-state index contributed by atoms with van der Waals surface area (Å²) in [6, 6.07) is 25.1. The molecule has 710 valence electrons. The highest BCUT2D eigenvalue weighted by Crippen LogP contribution is 2.29. The van der Waals surface area contributed by atoms with Crippen LogP contribution >= 0.6 is 23.5 Å². The summed E-state index contributed by atoms with van der Waals surface area (Å²) in [5.41, 5.74) is 9.23. The predicted molar refractivity (Wildman–Crippen MR) is 499 cm³/mol. The summed E-state index contributed by atoms with van der Waals surface area (Å²) >= 11 is 2.02. The van der Waals surface area contributed by atoms with Gasteiger partial charge in [-0.05, 0) is 101 Å². The summed E-state index contributed by atoms with van der Waals surface area (Å²) < 4.78 is 0. The fourth-order valence-electron chi connectivity index (χ4n) is 16.5. The molecule has 0 radical (unpaired) electrons. The molecule has 1 aromatic heterocycles. The van der Waals surface area contributed by atoms with E-state index >= 15 is 47.9 Å². The quantitative estimate of drug-likeness (QED) is 0.0437. The molecule has 0 unspecified atom stereocenters. The van der Waals surface area contributed by atoms with E-state index < -0.39 is 198 Å². The summed E-state index contributed by atoms with van der Waals surface area (Å²) in [7, 11) is 4.11. The highest BCUT2D eigenvalue weighted by molar-refractivity contribution is 8.00. The van der Waals surface area contributed by atoms with Crippen LogP contribution in [0.15, 0.2) is 170 Å². The van der Waals surface area contributed by atoms with Crippen LogP contribution in [-0.4, -0.2) is 275 Å². The maximum Gasteiger partial charge on any atom is 0.305 e. The van der Waals surface area contributed by atoms with Crippen molar-refractivity contribution in [2.24, 2.45) is 17.6 Å². The van der Waals surface area contributed by atoms with Crippen LogP contribution in [0.3, 0.4) is 0 Å². The van der Waals surface area contributed by atoms with Gasteiger partial charge in [-0.3, -0.25) is 76.7 Å². The van der Waals surface area contributed by atoms with E-state index in [0.717, 1.165) is 16.7 Å². The molecule has 133 heavy (non-hydrogen) atoms. The number of carboxylic acids is 1. The van der Waals surface area contributed by atoms with Crippen LogP contribution in [0.5, 0.6) is 11.5 Å². The van der Waals surface area contributed by atoms with Crippen molar-refractivity contribution in [1.29, 1.82) is 0 Å². The molecule has 6 aromatic carbocycles. The van der Waals surface area contributed by atoms with Gasteiger partial charge in [-0.1, -0.05) is 181 Å². The van der Waals surface area contributed by atoms with Crippen LogP contribution in [0.2, 0.25) is 0 Å². The maximum absolute atomic E-state index is 15.8. The van der Waals surface area contributed by atoms with Gasteiger partial charge in [-0.15, -0.1) is 23.5 Å². The fraction of sp³-hybridized carbons (Fsp3) is 0.438. The largest absolute Gasteiger partial charge is 0.508 e. The molecular weight excluding hydrogens is 1750 g/mol. The SMILES string of the molecule is CCCC[C@H]1C(=O)N2CCC[C@@H]2C(=O)N[C@@H](CC(=O)O)C(=O)N[C@@H](C(C)C)C(=O)N(C)[C@@H](Cc2ccccc2)C(=O)N[C@@H](Cc2ccc(O)cc2)C(=O)N2CSC[C@@H]2C(=O)N[C@@H](Cc2c[nH]c3ccccc23)C(=O)N[C@@H](Cc2ccc(O)cc2)C(=O)N[C@@H](CC(C)C)C(=O)N[C@H](C(=O)NCC(N)=O)CSCC(=O)N[C@@H](Cc2ccccc2)C(=O)N(C)[C@@H](Cc2ccccc2)C(=O)N1C. The number of amides is 15. The third kappa shape index (κ3) is 28.6. The number of aromatic amines is 1. The number of fused-ring (bicyclic) bond motifs is 3. The minimum Gasteiger partial charge on any atom is -0.508 e. The van der Waals surface area contributed by atoms with Gasteiger partial charge in [0.15, 0.2) is 0 Å². The zero-order chi connectivity index (χ0) is 96.3. The van der Waals surface area contributed by atoms with Gasteiger partial charge in [0.2, 0.25) is 88.6 Å². The first-order valence-electron chi connectivity index (χ1n) is 44.5. The second-order valence-corrected chi connectivity index (χ2v) is 36.6. The molecular formula is C96H120N16O19S2. The molecule has 37 heteroatoms. The van der Waals surface area contributed by atoms with E-state index in [0.29, 0.717) is 57.1 Å². The maximum atomic E-state index is 15.8. The number of carboxylic acid groups (broad SMARTS) is 1. The number of benzene rings is 6.